The summed E-state index contributed by atoms with van der Waals surface area (Å²) in [7, 11) is 1.57. The summed E-state index contributed by atoms with van der Waals surface area (Å²) >= 11 is 0. The fourth-order valence-corrected chi connectivity index (χ4v) is 1.99. The zero-order chi connectivity index (χ0) is 14.4. The molecule has 0 aliphatic carbocycles. The number of aryl methyl sites for hydroxylation is 1. The topological polar surface area (TPSA) is 57.9 Å². The second-order valence-corrected chi connectivity index (χ2v) is 4.52. The Hall–Kier alpha value is -2.38. The van der Waals surface area contributed by atoms with Gasteiger partial charge in [0.15, 0.2) is 0 Å². The lowest BCUT2D eigenvalue weighted by atomic mass is 10.1. The van der Waals surface area contributed by atoms with E-state index in [0.717, 1.165) is 17.0 Å². The zero-order valence-corrected chi connectivity index (χ0v) is 11.7. The fraction of sp³-hybridized carbons (Fsp3) is 0.250. The van der Waals surface area contributed by atoms with Crippen molar-refractivity contribution in [3.05, 3.63) is 58.9 Å². The summed E-state index contributed by atoms with van der Waals surface area (Å²) < 4.78 is 5.13. The van der Waals surface area contributed by atoms with E-state index in [1.807, 2.05) is 43.3 Å². The van der Waals surface area contributed by atoms with E-state index in [2.05, 4.69) is 16.4 Å². The third-order valence-corrected chi connectivity index (χ3v) is 2.97. The standard InChI is InChI=1S/C16H17N3O/c1-12-4-3-5-15(19-12)11-18-10-13-6-7-16(20-2)14(8-13)9-17/h3-8,18H,10-11H2,1-2H3. The number of aromatic nitrogens is 1. The molecule has 1 N–H and O–H groups in total. The quantitative estimate of drug-likeness (QED) is 0.904. The number of hydrogen-bond acceptors (Lipinski definition) is 4. The maximum Gasteiger partial charge on any atom is 0.136 e. The number of nitrogens with zero attached hydrogens (tertiary/aromatic N) is 2. The van der Waals surface area contributed by atoms with Crippen LogP contribution in [0.3, 0.4) is 0 Å². The zero-order valence-electron chi connectivity index (χ0n) is 11.7. The molecule has 4 heteroatoms. The molecule has 4 nitrogen and oxygen atoms in total. The average Bonchev–Trinajstić information content (AvgIpc) is 2.47. The normalized spacial score (nSPS) is 10.1. The molecule has 0 aliphatic rings. The second-order valence-electron chi connectivity index (χ2n) is 4.52. The minimum atomic E-state index is 0.556. The van der Waals surface area contributed by atoms with Crippen LogP contribution in [-0.4, -0.2) is 12.1 Å². The lowest BCUT2D eigenvalue weighted by Crippen LogP contribution is -2.14. The van der Waals surface area contributed by atoms with Crippen molar-refractivity contribution in [3.63, 3.8) is 0 Å². The molecule has 2 rings (SSSR count). The van der Waals surface area contributed by atoms with Crippen molar-refractivity contribution in [1.82, 2.24) is 10.3 Å². The van der Waals surface area contributed by atoms with Crippen molar-refractivity contribution >= 4 is 0 Å². The van der Waals surface area contributed by atoms with E-state index in [4.69, 9.17) is 10.00 Å². The van der Waals surface area contributed by atoms with Crippen LogP contribution in [0, 0.1) is 18.3 Å². The van der Waals surface area contributed by atoms with E-state index in [-0.39, 0.29) is 0 Å². The lowest BCUT2D eigenvalue weighted by molar-refractivity contribution is 0.413. The summed E-state index contributed by atoms with van der Waals surface area (Å²) in [4.78, 5) is 4.43. The van der Waals surface area contributed by atoms with Crippen molar-refractivity contribution in [2.75, 3.05) is 7.11 Å². The number of nitrogens with one attached hydrogen (secondary N) is 1. The summed E-state index contributed by atoms with van der Waals surface area (Å²) in [6.07, 6.45) is 0. The largest absolute Gasteiger partial charge is 0.495 e. The molecule has 1 aromatic heterocycles. The van der Waals surface area contributed by atoms with Gasteiger partial charge in [0.25, 0.3) is 0 Å². The predicted octanol–water partition coefficient (Wildman–Crippen LogP) is 2.56. The first-order valence-corrected chi connectivity index (χ1v) is 6.43. The van der Waals surface area contributed by atoms with Crippen LogP contribution >= 0.6 is 0 Å². The Morgan fingerprint density at radius 3 is 2.80 bits per heavy atom. The maximum absolute atomic E-state index is 9.05. The van der Waals surface area contributed by atoms with Crippen LogP contribution < -0.4 is 10.1 Å². The van der Waals surface area contributed by atoms with Crippen molar-refractivity contribution in [2.45, 2.75) is 20.0 Å². The first kappa shape index (κ1) is 14.0. The Morgan fingerprint density at radius 1 is 1.25 bits per heavy atom. The molecule has 0 saturated heterocycles. The van der Waals surface area contributed by atoms with Gasteiger partial charge in [-0.25, -0.2) is 0 Å². The van der Waals surface area contributed by atoms with Gasteiger partial charge in [0, 0.05) is 18.8 Å². The number of rotatable bonds is 5. The Labute approximate surface area is 119 Å². The second kappa shape index (κ2) is 6.69. The maximum atomic E-state index is 9.05. The van der Waals surface area contributed by atoms with E-state index >= 15 is 0 Å². The summed E-state index contributed by atoms with van der Waals surface area (Å²) in [5.41, 5.74) is 3.63. The first-order valence-electron chi connectivity index (χ1n) is 6.43. The molecule has 0 unspecified atom stereocenters. The van der Waals surface area contributed by atoms with Crippen LogP contribution in [-0.2, 0) is 13.1 Å². The van der Waals surface area contributed by atoms with Crippen LogP contribution in [0.15, 0.2) is 36.4 Å². The van der Waals surface area contributed by atoms with E-state index in [9.17, 15) is 0 Å². The summed E-state index contributed by atoms with van der Waals surface area (Å²) in [6.45, 7) is 3.37. The highest BCUT2D eigenvalue weighted by Crippen LogP contribution is 2.18. The molecule has 0 amide bonds. The van der Waals surface area contributed by atoms with Gasteiger partial charge in [0.05, 0.1) is 18.4 Å². The fourth-order valence-electron chi connectivity index (χ4n) is 1.99. The van der Waals surface area contributed by atoms with Crippen LogP contribution in [0.2, 0.25) is 0 Å². The summed E-state index contributed by atoms with van der Waals surface area (Å²) in [6, 6.07) is 13.7. The van der Waals surface area contributed by atoms with Gasteiger partial charge in [-0.3, -0.25) is 4.98 Å². The molecule has 2 aromatic rings. The highest BCUT2D eigenvalue weighted by molar-refractivity contribution is 5.45. The smallest absolute Gasteiger partial charge is 0.136 e. The van der Waals surface area contributed by atoms with E-state index in [1.165, 1.54) is 0 Å². The van der Waals surface area contributed by atoms with Crippen molar-refractivity contribution in [2.24, 2.45) is 0 Å². The lowest BCUT2D eigenvalue weighted by Gasteiger charge is -2.07. The third kappa shape index (κ3) is 3.56. The van der Waals surface area contributed by atoms with Crippen molar-refractivity contribution in [1.29, 1.82) is 5.26 Å². The van der Waals surface area contributed by atoms with Crippen LogP contribution in [0.25, 0.3) is 0 Å². The number of hydrogen-bond donors (Lipinski definition) is 1. The van der Waals surface area contributed by atoms with Crippen LogP contribution in [0.4, 0.5) is 0 Å². The van der Waals surface area contributed by atoms with Gasteiger partial charge in [0.1, 0.15) is 11.8 Å². The molecular weight excluding hydrogens is 250 g/mol. The molecule has 0 saturated carbocycles. The van der Waals surface area contributed by atoms with Gasteiger partial charge in [-0.1, -0.05) is 12.1 Å². The van der Waals surface area contributed by atoms with Gasteiger partial charge in [-0.05, 0) is 36.8 Å². The minimum Gasteiger partial charge on any atom is -0.495 e. The van der Waals surface area contributed by atoms with Gasteiger partial charge >= 0.3 is 0 Å². The van der Waals surface area contributed by atoms with Crippen molar-refractivity contribution in [3.8, 4) is 11.8 Å². The molecule has 0 radical (unpaired) electrons. The van der Waals surface area contributed by atoms with Gasteiger partial charge < -0.3 is 10.1 Å². The number of benzene rings is 1. The Morgan fingerprint density at radius 2 is 2.10 bits per heavy atom. The van der Waals surface area contributed by atoms with E-state index in [1.54, 1.807) is 7.11 Å². The minimum absolute atomic E-state index is 0.556. The monoisotopic (exact) mass is 267 g/mol. The Balaban J connectivity index is 1.96. The third-order valence-electron chi connectivity index (χ3n) is 2.97. The number of ether oxygens (including phenoxy) is 1. The molecule has 0 atom stereocenters. The molecule has 102 valence electrons. The molecule has 1 heterocycles. The predicted molar refractivity (Wildman–Crippen MR) is 77.2 cm³/mol. The summed E-state index contributed by atoms with van der Waals surface area (Å²) in [5, 5.41) is 12.4. The van der Waals surface area contributed by atoms with Gasteiger partial charge in [-0.15, -0.1) is 0 Å². The molecule has 0 fully saturated rings. The molecule has 20 heavy (non-hydrogen) atoms. The number of methoxy groups -OCH3 is 1. The SMILES string of the molecule is COc1ccc(CNCc2cccc(C)n2)cc1C#N. The summed E-state index contributed by atoms with van der Waals surface area (Å²) in [5.74, 6) is 0.608. The first-order chi connectivity index (χ1) is 9.72. The molecular formula is C16H17N3O. The molecule has 0 aliphatic heterocycles. The van der Waals surface area contributed by atoms with Crippen LogP contribution in [0.5, 0.6) is 5.75 Å². The van der Waals surface area contributed by atoms with Gasteiger partial charge in [-0.2, -0.15) is 5.26 Å². The molecule has 1 aromatic carbocycles. The van der Waals surface area contributed by atoms with Gasteiger partial charge in [0.2, 0.25) is 0 Å². The Bertz CT molecular complexity index is 632. The molecule has 0 spiro atoms. The Kier molecular flexibility index (Phi) is 4.70. The van der Waals surface area contributed by atoms with Crippen LogP contribution in [0.1, 0.15) is 22.5 Å². The van der Waals surface area contributed by atoms with E-state index < -0.39 is 0 Å². The van der Waals surface area contributed by atoms with Crippen molar-refractivity contribution < 1.29 is 4.74 Å². The molecule has 0 bridgehead atoms. The average molecular weight is 267 g/mol. The highest BCUT2D eigenvalue weighted by atomic mass is 16.5. The van der Waals surface area contributed by atoms with E-state index in [0.29, 0.717) is 24.4 Å². The number of nitriles is 1. The number of pyridine rings is 1. The highest BCUT2D eigenvalue weighted by Gasteiger charge is 2.03.